The van der Waals surface area contributed by atoms with E-state index >= 15 is 0 Å². The van der Waals surface area contributed by atoms with Crippen LogP contribution in [0.1, 0.15) is 66.2 Å². The van der Waals surface area contributed by atoms with Crippen LogP contribution in [0.3, 0.4) is 0 Å². The maximum Gasteiger partial charge on any atom is 0.312 e. The largest absolute Gasteiger partial charge is 0.459 e. The number of hydrogen-bond donors (Lipinski definition) is 0. The Kier molecular flexibility index (Phi) is 3.80. The summed E-state index contributed by atoms with van der Waals surface area (Å²) in [5, 5.41) is 0. The summed E-state index contributed by atoms with van der Waals surface area (Å²) in [7, 11) is 0. The Bertz CT molecular complexity index is 225. The summed E-state index contributed by atoms with van der Waals surface area (Å²) in [6.07, 6.45) is 6.37. The second-order valence-electron chi connectivity index (χ2n) is 5.68. The van der Waals surface area contributed by atoms with Crippen molar-refractivity contribution in [3.8, 4) is 0 Å². The Labute approximate surface area is 93.4 Å². The fourth-order valence-corrected chi connectivity index (χ4v) is 2.31. The van der Waals surface area contributed by atoms with Crippen LogP contribution in [-0.2, 0) is 9.53 Å². The van der Waals surface area contributed by atoms with E-state index in [2.05, 4.69) is 13.8 Å². The van der Waals surface area contributed by atoms with Gasteiger partial charge in [-0.1, -0.05) is 13.3 Å². The van der Waals surface area contributed by atoms with Gasteiger partial charge in [0.1, 0.15) is 5.60 Å². The van der Waals surface area contributed by atoms with Crippen LogP contribution in [0.5, 0.6) is 0 Å². The first kappa shape index (κ1) is 12.5. The maximum atomic E-state index is 12.0. The van der Waals surface area contributed by atoms with Gasteiger partial charge in [-0.3, -0.25) is 4.79 Å². The van der Waals surface area contributed by atoms with Crippen molar-refractivity contribution in [1.29, 1.82) is 0 Å². The molecule has 15 heavy (non-hydrogen) atoms. The van der Waals surface area contributed by atoms with E-state index in [1.54, 1.807) is 0 Å². The smallest absolute Gasteiger partial charge is 0.312 e. The molecule has 0 N–H and O–H groups in total. The average Bonchev–Trinajstić information content (AvgIpc) is 2.51. The summed E-state index contributed by atoms with van der Waals surface area (Å²) in [5.41, 5.74) is -0.498. The van der Waals surface area contributed by atoms with Crippen LogP contribution < -0.4 is 0 Å². The zero-order valence-corrected chi connectivity index (χ0v) is 10.6. The molecule has 0 saturated heterocycles. The van der Waals surface area contributed by atoms with Crippen LogP contribution >= 0.6 is 0 Å². The molecule has 2 nitrogen and oxygen atoms in total. The lowest BCUT2D eigenvalue weighted by molar-refractivity contribution is -0.168. The summed E-state index contributed by atoms with van der Waals surface area (Å²) in [6.45, 7) is 8.14. The number of hydrogen-bond acceptors (Lipinski definition) is 2. The van der Waals surface area contributed by atoms with Gasteiger partial charge in [-0.15, -0.1) is 0 Å². The zero-order chi connectivity index (χ0) is 11.5. The number of ether oxygens (including phenoxy) is 1. The van der Waals surface area contributed by atoms with E-state index in [1.165, 1.54) is 12.8 Å². The van der Waals surface area contributed by atoms with E-state index in [-0.39, 0.29) is 17.0 Å². The minimum absolute atomic E-state index is 0.0197. The lowest BCUT2D eigenvalue weighted by Crippen LogP contribution is -2.35. The highest BCUT2D eigenvalue weighted by Crippen LogP contribution is 2.35. The molecule has 0 radical (unpaired) electrons. The molecule has 0 aromatic rings. The minimum Gasteiger partial charge on any atom is -0.459 e. The summed E-state index contributed by atoms with van der Waals surface area (Å²) in [6, 6.07) is 0. The third-order valence-corrected chi connectivity index (χ3v) is 3.43. The van der Waals surface area contributed by atoms with Crippen molar-refractivity contribution in [2.24, 2.45) is 5.41 Å². The van der Waals surface area contributed by atoms with Crippen LogP contribution in [0.2, 0.25) is 0 Å². The highest BCUT2D eigenvalue weighted by Gasteiger charge is 2.37. The second-order valence-corrected chi connectivity index (χ2v) is 5.68. The number of esters is 1. The third-order valence-electron chi connectivity index (χ3n) is 3.43. The van der Waals surface area contributed by atoms with E-state index in [4.69, 9.17) is 4.74 Å². The van der Waals surface area contributed by atoms with Crippen LogP contribution in [0.25, 0.3) is 0 Å². The van der Waals surface area contributed by atoms with Gasteiger partial charge in [0, 0.05) is 0 Å². The number of carbonyl (C=O) groups is 1. The molecule has 1 fully saturated rings. The fraction of sp³-hybridized carbons (Fsp3) is 0.923. The molecule has 1 rings (SSSR count). The van der Waals surface area contributed by atoms with Gasteiger partial charge in [-0.2, -0.15) is 0 Å². The molecule has 0 aliphatic heterocycles. The van der Waals surface area contributed by atoms with Crippen LogP contribution in [0.15, 0.2) is 0 Å². The van der Waals surface area contributed by atoms with Gasteiger partial charge < -0.3 is 4.74 Å². The van der Waals surface area contributed by atoms with Crippen molar-refractivity contribution in [1.82, 2.24) is 0 Å². The lowest BCUT2D eigenvalue weighted by Gasteiger charge is -2.30. The first-order chi connectivity index (χ1) is 6.90. The van der Waals surface area contributed by atoms with Crippen molar-refractivity contribution in [2.45, 2.75) is 71.8 Å². The van der Waals surface area contributed by atoms with Gasteiger partial charge in [0.25, 0.3) is 0 Å². The summed E-state index contributed by atoms with van der Waals surface area (Å²) < 4.78 is 5.68. The first-order valence-corrected chi connectivity index (χ1v) is 6.13. The number of carbonyl (C=O) groups excluding carboxylic acids is 1. The average molecular weight is 212 g/mol. The standard InChI is InChI=1S/C13H24O2/c1-5-8-12(2,3)11(14)15-13(4)9-6-7-10-13/h5-10H2,1-4H3. The summed E-state index contributed by atoms with van der Waals surface area (Å²) in [5.74, 6) is -0.0197. The molecule has 0 atom stereocenters. The molecule has 0 aromatic heterocycles. The maximum absolute atomic E-state index is 12.0. The number of rotatable bonds is 4. The molecule has 0 spiro atoms. The van der Waals surface area contributed by atoms with Gasteiger partial charge >= 0.3 is 5.97 Å². The van der Waals surface area contributed by atoms with Gasteiger partial charge in [-0.05, 0) is 52.9 Å². The van der Waals surface area contributed by atoms with Crippen molar-refractivity contribution in [2.75, 3.05) is 0 Å². The molecule has 1 aliphatic carbocycles. The third kappa shape index (κ3) is 3.22. The first-order valence-electron chi connectivity index (χ1n) is 6.13. The van der Waals surface area contributed by atoms with E-state index in [1.807, 2.05) is 13.8 Å². The van der Waals surface area contributed by atoms with Crippen LogP contribution in [-0.4, -0.2) is 11.6 Å². The molecular formula is C13H24O2. The second kappa shape index (κ2) is 4.54. The molecular weight excluding hydrogens is 188 g/mol. The SMILES string of the molecule is CCCC(C)(C)C(=O)OC1(C)CCCC1. The normalized spacial score (nSPS) is 20.3. The Morgan fingerprint density at radius 2 is 1.87 bits per heavy atom. The van der Waals surface area contributed by atoms with Crippen molar-refractivity contribution >= 4 is 5.97 Å². The molecule has 0 amide bonds. The quantitative estimate of drug-likeness (QED) is 0.664. The monoisotopic (exact) mass is 212 g/mol. The van der Waals surface area contributed by atoms with E-state index < -0.39 is 0 Å². The molecule has 88 valence electrons. The highest BCUT2D eigenvalue weighted by atomic mass is 16.6. The van der Waals surface area contributed by atoms with Gasteiger partial charge in [0.15, 0.2) is 0 Å². The van der Waals surface area contributed by atoms with Crippen LogP contribution in [0.4, 0.5) is 0 Å². The fourth-order valence-electron chi connectivity index (χ4n) is 2.31. The van der Waals surface area contributed by atoms with E-state index in [9.17, 15) is 4.79 Å². The Balaban J connectivity index is 2.54. The van der Waals surface area contributed by atoms with Gasteiger partial charge in [0.2, 0.25) is 0 Å². The van der Waals surface area contributed by atoms with E-state index in [0.29, 0.717) is 0 Å². The zero-order valence-electron chi connectivity index (χ0n) is 10.6. The van der Waals surface area contributed by atoms with Crippen molar-refractivity contribution in [3.63, 3.8) is 0 Å². The Hall–Kier alpha value is -0.530. The topological polar surface area (TPSA) is 26.3 Å². The molecule has 0 heterocycles. The predicted molar refractivity (Wildman–Crippen MR) is 61.7 cm³/mol. The van der Waals surface area contributed by atoms with Crippen molar-refractivity contribution < 1.29 is 9.53 Å². The van der Waals surface area contributed by atoms with Gasteiger partial charge in [0.05, 0.1) is 5.41 Å². The molecule has 2 heteroatoms. The predicted octanol–water partition coefficient (Wildman–Crippen LogP) is 3.69. The molecule has 0 aromatic carbocycles. The molecule has 1 saturated carbocycles. The highest BCUT2D eigenvalue weighted by molar-refractivity contribution is 5.76. The summed E-state index contributed by atoms with van der Waals surface area (Å²) >= 11 is 0. The summed E-state index contributed by atoms with van der Waals surface area (Å²) in [4.78, 5) is 12.0. The van der Waals surface area contributed by atoms with Crippen molar-refractivity contribution in [3.05, 3.63) is 0 Å². The van der Waals surface area contributed by atoms with Crippen LogP contribution in [0, 0.1) is 5.41 Å². The van der Waals surface area contributed by atoms with Gasteiger partial charge in [-0.25, -0.2) is 0 Å². The molecule has 0 bridgehead atoms. The lowest BCUT2D eigenvalue weighted by atomic mass is 9.88. The minimum atomic E-state index is -0.319. The Morgan fingerprint density at radius 1 is 1.33 bits per heavy atom. The Morgan fingerprint density at radius 3 is 2.33 bits per heavy atom. The van der Waals surface area contributed by atoms with E-state index in [0.717, 1.165) is 25.7 Å². The molecule has 0 unspecified atom stereocenters. The molecule has 1 aliphatic rings.